The van der Waals surface area contributed by atoms with Gasteiger partial charge in [-0.15, -0.1) is 0 Å². The van der Waals surface area contributed by atoms with Crippen LogP contribution < -0.4 is 10.1 Å². The highest BCUT2D eigenvalue weighted by molar-refractivity contribution is 6.03. The van der Waals surface area contributed by atoms with Gasteiger partial charge in [-0.1, -0.05) is 12.1 Å². The zero-order valence-corrected chi connectivity index (χ0v) is 13.0. The van der Waals surface area contributed by atoms with Crippen molar-refractivity contribution in [2.24, 2.45) is 0 Å². The fourth-order valence-corrected chi connectivity index (χ4v) is 1.95. The summed E-state index contributed by atoms with van der Waals surface area (Å²) in [6.45, 7) is 0. The minimum Gasteiger partial charge on any atom is -0.497 e. The smallest absolute Gasteiger partial charge is 0.299 e. The van der Waals surface area contributed by atoms with Crippen LogP contribution in [0, 0.1) is 20.2 Å². The second kappa shape index (κ2) is 7.68. The number of nitro benzene ring substituents is 2. The molecule has 0 unspecified atom stereocenters. The van der Waals surface area contributed by atoms with Gasteiger partial charge in [0.15, 0.2) is 0 Å². The average Bonchev–Trinajstić information content (AvgIpc) is 2.60. The lowest BCUT2D eigenvalue weighted by atomic mass is 10.2. The van der Waals surface area contributed by atoms with Crippen molar-refractivity contribution in [3.8, 4) is 5.75 Å². The number of nitrogens with zero attached hydrogens (tertiary/aromatic N) is 2. The minimum absolute atomic E-state index is 0.125. The van der Waals surface area contributed by atoms with Crippen LogP contribution in [0.25, 0.3) is 6.08 Å². The summed E-state index contributed by atoms with van der Waals surface area (Å²) in [6.07, 6.45) is 2.72. The van der Waals surface area contributed by atoms with E-state index in [0.717, 1.165) is 23.8 Å². The standard InChI is InChI=1S/C16H13N3O6/c1-25-13-6-2-11(3-7-13)4-9-16(20)17-14-8-5-12(18(21)22)10-15(14)19(23)24/h2-10H,1H3,(H,17,20)/b9-4+. The van der Waals surface area contributed by atoms with Crippen LogP contribution in [0.1, 0.15) is 5.56 Å². The molecule has 0 radical (unpaired) electrons. The number of amides is 1. The fourth-order valence-electron chi connectivity index (χ4n) is 1.95. The van der Waals surface area contributed by atoms with Crippen molar-refractivity contribution in [3.05, 3.63) is 74.3 Å². The zero-order valence-electron chi connectivity index (χ0n) is 13.0. The van der Waals surface area contributed by atoms with E-state index in [0.29, 0.717) is 5.75 Å². The Hall–Kier alpha value is -3.75. The van der Waals surface area contributed by atoms with Crippen molar-refractivity contribution in [3.63, 3.8) is 0 Å². The number of carbonyl (C=O) groups is 1. The molecule has 25 heavy (non-hydrogen) atoms. The van der Waals surface area contributed by atoms with Crippen molar-refractivity contribution in [1.82, 2.24) is 0 Å². The van der Waals surface area contributed by atoms with Gasteiger partial charge >= 0.3 is 0 Å². The molecular formula is C16H13N3O6. The number of carbonyl (C=O) groups excluding carboxylic acids is 1. The quantitative estimate of drug-likeness (QED) is 0.488. The Morgan fingerprint density at radius 1 is 1.08 bits per heavy atom. The Morgan fingerprint density at radius 3 is 2.32 bits per heavy atom. The van der Waals surface area contributed by atoms with Crippen LogP contribution in [-0.4, -0.2) is 22.9 Å². The van der Waals surface area contributed by atoms with Gasteiger partial charge in [0.1, 0.15) is 11.4 Å². The maximum Gasteiger partial charge on any atom is 0.299 e. The molecule has 128 valence electrons. The number of nitrogens with one attached hydrogen (secondary N) is 1. The highest BCUT2D eigenvalue weighted by Gasteiger charge is 2.20. The molecule has 0 aliphatic heterocycles. The lowest BCUT2D eigenvalue weighted by Gasteiger charge is -2.03. The number of nitro groups is 2. The van der Waals surface area contributed by atoms with Gasteiger partial charge in [0.2, 0.25) is 5.91 Å². The monoisotopic (exact) mass is 343 g/mol. The van der Waals surface area contributed by atoms with Gasteiger partial charge in [0.05, 0.1) is 23.0 Å². The first-order valence-corrected chi connectivity index (χ1v) is 6.96. The largest absolute Gasteiger partial charge is 0.497 e. The molecule has 1 N–H and O–H groups in total. The lowest BCUT2D eigenvalue weighted by Crippen LogP contribution is -2.09. The third kappa shape index (κ3) is 4.61. The topological polar surface area (TPSA) is 125 Å². The summed E-state index contributed by atoms with van der Waals surface area (Å²) in [7, 11) is 1.54. The van der Waals surface area contributed by atoms with Gasteiger partial charge in [-0.2, -0.15) is 0 Å². The maximum absolute atomic E-state index is 11.9. The van der Waals surface area contributed by atoms with Crippen molar-refractivity contribution < 1.29 is 19.4 Å². The Morgan fingerprint density at radius 2 is 1.76 bits per heavy atom. The summed E-state index contributed by atoms with van der Waals surface area (Å²) in [5, 5.41) is 24.0. The highest BCUT2D eigenvalue weighted by atomic mass is 16.6. The molecule has 0 aliphatic rings. The van der Waals surface area contributed by atoms with Crippen LogP contribution >= 0.6 is 0 Å². The van der Waals surface area contributed by atoms with Crippen LogP contribution in [0.3, 0.4) is 0 Å². The van der Waals surface area contributed by atoms with Crippen molar-refractivity contribution >= 4 is 29.0 Å². The van der Waals surface area contributed by atoms with Crippen LogP contribution in [0.4, 0.5) is 17.1 Å². The van der Waals surface area contributed by atoms with E-state index >= 15 is 0 Å². The average molecular weight is 343 g/mol. The van der Waals surface area contributed by atoms with E-state index < -0.39 is 27.1 Å². The molecule has 2 aromatic rings. The number of hydrogen-bond donors (Lipinski definition) is 1. The molecule has 0 bridgehead atoms. The first kappa shape index (κ1) is 17.6. The molecule has 0 saturated heterocycles. The van der Waals surface area contributed by atoms with E-state index in [1.807, 2.05) is 0 Å². The summed E-state index contributed by atoms with van der Waals surface area (Å²) in [4.78, 5) is 32.1. The molecule has 0 aliphatic carbocycles. The van der Waals surface area contributed by atoms with Crippen molar-refractivity contribution in [1.29, 1.82) is 0 Å². The van der Waals surface area contributed by atoms with Crippen LogP contribution in [0.2, 0.25) is 0 Å². The maximum atomic E-state index is 11.9. The molecule has 0 fully saturated rings. The van der Waals surface area contributed by atoms with Gasteiger partial charge < -0.3 is 10.1 Å². The highest BCUT2D eigenvalue weighted by Crippen LogP contribution is 2.28. The predicted octanol–water partition coefficient (Wildman–Crippen LogP) is 3.16. The lowest BCUT2D eigenvalue weighted by molar-refractivity contribution is -0.393. The van der Waals surface area contributed by atoms with Gasteiger partial charge in [-0.25, -0.2) is 0 Å². The third-order valence-electron chi connectivity index (χ3n) is 3.19. The molecule has 0 atom stereocenters. The van der Waals surface area contributed by atoms with Crippen molar-refractivity contribution in [2.45, 2.75) is 0 Å². The molecule has 0 heterocycles. The second-order valence-corrected chi connectivity index (χ2v) is 4.81. The molecule has 2 rings (SSSR count). The first-order valence-electron chi connectivity index (χ1n) is 6.96. The first-order chi connectivity index (χ1) is 11.9. The van der Waals surface area contributed by atoms with Gasteiger partial charge in [0.25, 0.3) is 11.4 Å². The van der Waals surface area contributed by atoms with Gasteiger partial charge in [0, 0.05) is 12.1 Å². The predicted molar refractivity (Wildman–Crippen MR) is 90.4 cm³/mol. The van der Waals surface area contributed by atoms with Crippen LogP contribution in [0.15, 0.2) is 48.5 Å². The molecule has 0 aromatic heterocycles. The number of ether oxygens (including phenoxy) is 1. The number of anilines is 1. The fraction of sp³-hybridized carbons (Fsp3) is 0.0625. The molecule has 1 amide bonds. The zero-order chi connectivity index (χ0) is 18.4. The van der Waals surface area contributed by atoms with E-state index in [1.54, 1.807) is 24.3 Å². The second-order valence-electron chi connectivity index (χ2n) is 4.81. The third-order valence-corrected chi connectivity index (χ3v) is 3.19. The van der Waals surface area contributed by atoms with E-state index in [1.165, 1.54) is 19.3 Å². The van der Waals surface area contributed by atoms with Crippen LogP contribution in [-0.2, 0) is 4.79 Å². The van der Waals surface area contributed by atoms with E-state index in [9.17, 15) is 25.0 Å². The number of benzene rings is 2. The Labute approximate surface area is 141 Å². The number of methoxy groups -OCH3 is 1. The molecule has 2 aromatic carbocycles. The summed E-state index contributed by atoms with van der Waals surface area (Å²) in [5.74, 6) is 0.0656. The van der Waals surface area contributed by atoms with Gasteiger partial charge in [-0.05, 0) is 29.8 Å². The van der Waals surface area contributed by atoms with Crippen molar-refractivity contribution in [2.75, 3.05) is 12.4 Å². The number of non-ortho nitro benzene ring substituents is 1. The normalized spacial score (nSPS) is 10.4. The van der Waals surface area contributed by atoms with Crippen LogP contribution in [0.5, 0.6) is 5.75 Å². The Balaban J connectivity index is 2.15. The van der Waals surface area contributed by atoms with E-state index in [4.69, 9.17) is 4.74 Å². The van der Waals surface area contributed by atoms with Gasteiger partial charge in [-0.3, -0.25) is 25.0 Å². The molecule has 9 heteroatoms. The van der Waals surface area contributed by atoms with E-state index in [-0.39, 0.29) is 5.69 Å². The Kier molecular flexibility index (Phi) is 5.41. The molecular weight excluding hydrogens is 330 g/mol. The molecule has 0 spiro atoms. The summed E-state index contributed by atoms with van der Waals surface area (Å²) >= 11 is 0. The number of rotatable bonds is 6. The minimum atomic E-state index is -0.796. The summed E-state index contributed by atoms with van der Waals surface area (Å²) in [6, 6.07) is 9.90. The SMILES string of the molecule is COc1ccc(/C=C/C(=O)Nc2ccc([N+](=O)[O-])cc2[N+](=O)[O-])cc1. The summed E-state index contributed by atoms with van der Waals surface area (Å²) < 4.78 is 5.02. The molecule has 9 nitrogen and oxygen atoms in total. The molecule has 0 saturated carbocycles. The summed E-state index contributed by atoms with van der Waals surface area (Å²) in [5.41, 5.74) is -0.381. The Bertz CT molecular complexity index is 845. The number of hydrogen-bond acceptors (Lipinski definition) is 6. The van der Waals surface area contributed by atoms with E-state index in [2.05, 4.69) is 5.32 Å².